The van der Waals surface area contributed by atoms with E-state index in [0.717, 1.165) is 18.6 Å². The van der Waals surface area contributed by atoms with Crippen molar-refractivity contribution in [2.45, 2.75) is 31.2 Å². The molecule has 1 saturated heterocycles. The molecule has 1 aliphatic heterocycles. The predicted molar refractivity (Wildman–Crippen MR) is 69.6 cm³/mol. The second-order valence-electron chi connectivity index (χ2n) is 4.55. The minimum absolute atomic E-state index is 0.500. The van der Waals surface area contributed by atoms with Gasteiger partial charge >= 0.3 is 0 Å². The number of nitrogens with zero attached hydrogens (tertiary/aromatic N) is 2. The Hall–Kier alpha value is -0.800. The molecular formula is C13H19ClN2O. The van der Waals surface area contributed by atoms with Crippen molar-refractivity contribution in [2.24, 2.45) is 0 Å². The van der Waals surface area contributed by atoms with Gasteiger partial charge in [-0.1, -0.05) is 6.07 Å². The van der Waals surface area contributed by atoms with Crippen LogP contribution in [0.1, 0.15) is 24.8 Å². The molecule has 4 heteroatoms. The Bertz CT molecular complexity index is 342. The molecule has 1 unspecified atom stereocenters. The minimum atomic E-state index is 0.500. The topological polar surface area (TPSA) is 25.4 Å². The zero-order valence-electron chi connectivity index (χ0n) is 10.2. The van der Waals surface area contributed by atoms with Crippen molar-refractivity contribution in [1.82, 2.24) is 9.88 Å². The van der Waals surface area contributed by atoms with Gasteiger partial charge in [-0.15, -0.1) is 11.6 Å². The van der Waals surface area contributed by atoms with Crippen LogP contribution in [-0.4, -0.2) is 36.1 Å². The van der Waals surface area contributed by atoms with E-state index in [-0.39, 0.29) is 0 Å². The van der Waals surface area contributed by atoms with E-state index in [1.54, 1.807) is 6.20 Å². The van der Waals surface area contributed by atoms with Crippen LogP contribution >= 0.6 is 11.6 Å². The summed E-state index contributed by atoms with van der Waals surface area (Å²) in [5.41, 5.74) is 1.02. The van der Waals surface area contributed by atoms with Crippen LogP contribution in [0.25, 0.3) is 0 Å². The Morgan fingerprint density at radius 2 is 2.41 bits per heavy atom. The Kier molecular flexibility index (Phi) is 4.63. The highest BCUT2D eigenvalue weighted by Crippen LogP contribution is 2.18. The highest BCUT2D eigenvalue weighted by molar-refractivity contribution is 6.17. The molecule has 17 heavy (non-hydrogen) atoms. The van der Waals surface area contributed by atoms with Crippen molar-refractivity contribution in [3.05, 3.63) is 23.9 Å². The zero-order valence-corrected chi connectivity index (χ0v) is 11.0. The molecule has 0 amide bonds. The maximum absolute atomic E-state index is 5.70. The smallest absolute Gasteiger partial charge is 0.213 e. The van der Waals surface area contributed by atoms with Crippen molar-refractivity contribution >= 4 is 11.6 Å². The quantitative estimate of drug-likeness (QED) is 0.756. The predicted octanol–water partition coefficient (Wildman–Crippen LogP) is 2.68. The number of likely N-dealkylation sites (tertiary alicyclic amines) is 1. The van der Waals surface area contributed by atoms with Gasteiger partial charge in [0, 0.05) is 24.2 Å². The number of rotatable bonds is 5. The summed E-state index contributed by atoms with van der Waals surface area (Å²) in [6.07, 6.45) is 5.45. The Morgan fingerprint density at radius 1 is 1.53 bits per heavy atom. The summed E-state index contributed by atoms with van der Waals surface area (Å²) in [7, 11) is 2.19. The lowest BCUT2D eigenvalue weighted by atomic mass is 10.1. The molecule has 1 atom stereocenters. The molecule has 0 bridgehead atoms. The lowest BCUT2D eigenvalue weighted by Gasteiger charge is -2.18. The third-order valence-electron chi connectivity index (χ3n) is 3.32. The molecule has 0 saturated carbocycles. The largest absolute Gasteiger partial charge is 0.478 e. The van der Waals surface area contributed by atoms with Gasteiger partial charge in [0.05, 0.1) is 6.61 Å². The van der Waals surface area contributed by atoms with E-state index in [1.165, 1.54) is 19.4 Å². The highest BCUT2D eigenvalue weighted by Gasteiger charge is 2.20. The fourth-order valence-corrected chi connectivity index (χ4v) is 2.38. The van der Waals surface area contributed by atoms with Crippen LogP contribution in [0.3, 0.4) is 0 Å². The third-order valence-corrected chi connectivity index (χ3v) is 3.63. The molecule has 0 spiro atoms. The van der Waals surface area contributed by atoms with Crippen LogP contribution in [0.4, 0.5) is 0 Å². The molecular weight excluding hydrogens is 236 g/mol. The summed E-state index contributed by atoms with van der Waals surface area (Å²) >= 11 is 5.70. The van der Waals surface area contributed by atoms with Crippen LogP contribution in [-0.2, 0) is 5.88 Å². The summed E-state index contributed by atoms with van der Waals surface area (Å²) in [6.45, 7) is 1.95. The van der Waals surface area contributed by atoms with E-state index in [1.807, 2.05) is 12.1 Å². The average Bonchev–Trinajstić information content (AvgIpc) is 2.76. The summed E-state index contributed by atoms with van der Waals surface area (Å²) < 4.78 is 5.63. The molecule has 1 fully saturated rings. The van der Waals surface area contributed by atoms with Crippen molar-refractivity contribution in [3.63, 3.8) is 0 Å². The van der Waals surface area contributed by atoms with Gasteiger partial charge in [-0.2, -0.15) is 0 Å². The molecule has 1 aromatic heterocycles. The number of aromatic nitrogens is 1. The Morgan fingerprint density at radius 3 is 3.00 bits per heavy atom. The maximum atomic E-state index is 5.70. The van der Waals surface area contributed by atoms with Gasteiger partial charge in [0.25, 0.3) is 0 Å². The number of hydrogen-bond acceptors (Lipinski definition) is 3. The number of halogens is 1. The second kappa shape index (κ2) is 6.22. The van der Waals surface area contributed by atoms with E-state index in [0.29, 0.717) is 17.8 Å². The monoisotopic (exact) mass is 254 g/mol. The number of ether oxygens (including phenoxy) is 1. The molecule has 0 aromatic carbocycles. The van der Waals surface area contributed by atoms with Crippen molar-refractivity contribution < 1.29 is 4.74 Å². The normalized spacial score (nSPS) is 20.7. The summed E-state index contributed by atoms with van der Waals surface area (Å²) in [4.78, 5) is 6.62. The standard InChI is InChI=1S/C13H19ClN2O/c1-16-7-2-3-12(16)6-8-17-13-5-4-11(9-14)10-15-13/h4-5,10,12H,2-3,6-9H2,1H3. The van der Waals surface area contributed by atoms with Crippen LogP contribution in [0.5, 0.6) is 5.88 Å². The fraction of sp³-hybridized carbons (Fsp3) is 0.615. The number of hydrogen-bond donors (Lipinski definition) is 0. The van der Waals surface area contributed by atoms with Crippen molar-refractivity contribution in [3.8, 4) is 5.88 Å². The van der Waals surface area contributed by atoms with Crippen LogP contribution < -0.4 is 4.74 Å². The molecule has 0 radical (unpaired) electrons. The fourth-order valence-electron chi connectivity index (χ4n) is 2.22. The van der Waals surface area contributed by atoms with E-state index in [9.17, 15) is 0 Å². The lowest BCUT2D eigenvalue weighted by molar-refractivity contribution is 0.228. The van der Waals surface area contributed by atoms with Gasteiger partial charge in [0.15, 0.2) is 0 Å². The molecule has 0 aliphatic carbocycles. The second-order valence-corrected chi connectivity index (χ2v) is 4.82. The first kappa shape index (κ1) is 12.7. The van der Waals surface area contributed by atoms with Crippen molar-refractivity contribution in [1.29, 1.82) is 0 Å². The van der Waals surface area contributed by atoms with Crippen LogP contribution in [0.2, 0.25) is 0 Å². The zero-order chi connectivity index (χ0) is 12.1. The van der Waals surface area contributed by atoms with E-state index >= 15 is 0 Å². The van der Waals surface area contributed by atoms with Gasteiger partial charge in [0.1, 0.15) is 0 Å². The molecule has 1 aromatic rings. The molecule has 2 rings (SSSR count). The van der Waals surface area contributed by atoms with Gasteiger partial charge in [0.2, 0.25) is 5.88 Å². The van der Waals surface area contributed by atoms with Crippen LogP contribution in [0, 0.1) is 0 Å². The maximum Gasteiger partial charge on any atom is 0.213 e. The number of pyridine rings is 1. The first-order chi connectivity index (χ1) is 8.29. The minimum Gasteiger partial charge on any atom is -0.478 e. The van der Waals surface area contributed by atoms with E-state index in [2.05, 4.69) is 16.9 Å². The summed E-state index contributed by atoms with van der Waals surface area (Å²) in [5, 5.41) is 0. The number of alkyl halides is 1. The summed E-state index contributed by atoms with van der Waals surface area (Å²) in [5.74, 6) is 1.19. The highest BCUT2D eigenvalue weighted by atomic mass is 35.5. The van der Waals surface area contributed by atoms with E-state index < -0.39 is 0 Å². The third kappa shape index (κ3) is 3.58. The van der Waals surface area contributed by atoms with Crippen LogP contribution in [0.15, 0.2) is 18.3 Å². The van der Waals surface area contributed by atoms with Crippen molar-refractivity contribution in [2.75, 3.05) is 20.2 Å². The molecule has 2 heterocycles. The molecule has 0 N–H and O–H groups in total. The van der Waals surface area contributed by atoms with Gasteiger partial charge in [-0.25, -0.2) is 4.98 Å². The Labute approximate surface area is 108 Å². The molecule has 3 nitrogen and oxygen atoms in total. The lowest BCUT2D eigenvalue weighted by Crippen LogP contribution is -2.26. The van der Waals surface area contributed by atoms with Gasteiger partial charge in [-0.05, 0) is 38.4 Å². The molecule has 94 valence electrons. The average molecular weight is 255 g/mol. The SMILES string of the molecule is CN1CCCC1CCOc1ccc(CCl)cn1. The first-order valence-corrected chi connectivity index (χ1v) is 6.67. The molecule has 1 aliphatic rings. The first-order valence-electron chi connectivity index (χ1n) is 6.13. The Balaban J connectivity index is 1.73. The summed E-state index contributed by atoms with van der Waals surface area (Å²) in [6, 6.07) is 4.52. The van der Waals surface area contributed by atoms with E-state index in [4.69, 9.17) is 16.3 Å². The van der Waals surface area contributed by atoms with Gasteiger partial charge in [-0.3, -0.25) is 0 Å². The van der Waals surface area contributed by atoms with Gasteiger partial charge < -0.3 is 9.64 Å².